The monoisotopic (exact) mass is 442 g/mol. The highest BCUT2D eigenvalue weighted by atomic mass is 16.5. The Kier molecular flexibility index (Phi) is 6.42. The number of benzene rings is 3. The van der Waals surface area contributed by atoms with E-state index in [9.17, 15) is 9.90 Å². The van der Waals surface area contributed by atoms with Gasteiger partial charge in [0.15, 0.2) is 0 Å². The van der Waals surface area contributed by atoms with Gasteiger partial charge in [-0.15, -0.1) is 0 Å². The molecule has 5 nitrogen and oxygen atoms in total. The molecule has 170 valence electrons. The van der Waals surface area contributed by atoms with E-state index in [0.29, 0.717) is 18.2 Å². The third-order valence-corrected chi connectivity index (χ3v) is 6.59. The summed E-state index contributed by atoms with van der Waals surface area (Å²) in [6.45, 7) is 3.52. The standard InChI is InChI=1S/C28H30N2O3/c31-28(32)23-10-8-20(9-11-23)16-21(17-29-24-14-15-30(18-24)25-12-13-25)19-33-27-7-3-5-22-4-1-2-6-26(22)27/h1-11,16,24-25,29H,12-15,17-19H2,(H,31,32). The molecule has 2 N–H and O–H groups in total. The first-order valence-electron chi connectivity index (χ1n) is 11.8. The first-order chi connectivity index (χ1) is 16.2. The smallest absolute Gasteiger partial charge is 0.335 e. The van der Waals surface area contributed by atoms with Crippen LogP contribution in [0.15, 0.2) is 72.3 Å². The maximum Gasteiger partial charge on any atom is 0.335 e. The Balaban J connectivity index is 1.30. The van der Waals surface area contributed by atoms with Crippen molar-refractivity contribution in [3.05, 3.63) is 83.4 Å². The van der Waals surface area contributed by atoms with Gasteiger partial charge in [0.1, 0.15) is 12.4 Å². The van der Waals surface area contributed by atoms with Gasteiger partial charge in [-0.1, -0.05) is 54.6 Å². The highest BCUT2D eigenvalue weighted by Gasteiger charge is 2.34. The van der Waals surface area contributed by atoms with E-state index in [1.165, 1.54) is 25.8 Å². The van der Waals surface area contributed by atoms with Crippen molar-refractivity contribution in [3.8, 4) is 5.75 Å². The van der Waals surface area contributed by atoms with E-state index in [0.717, 1.165) is 46.8 Å². The van der Waals surface area contributed by atoms with Crippen LogP contribution in [0.3, 0.4) is 0 Å². The van der Waals surface area contributed by atoms with Gasteiger partial charge in [-0.2, -0.15) is 0 Å². The normalized spacial score (nSPS) is 19.2. The van der Waals surface area contributed by atoms with E-state index in [4.69, 9.17) is 4.74 Å². The second-order valence-corrected chi connectivity index (χ2v) is 9.09. The first kappa shape index (κ1) is 21.7. The molecule has 1 aliphatic carbocycles. The summed E-state index contributed by atoms with van der Waals surface area (Å²) < 4.78 is 6.29. The van der Waals surface area contributed by atoms with Crippen LogP contribution in [-0.2, 0) is 0 Å². The molecule has 0 aromatic heterocycles. The summed E-state index contributed by atoms with van der Waals surface area (Å²) in [5, 5.41) is 15.2. The number of carbonyl (C=O) groups is 1. The summed E-state index contributed by atoms with van der Waals surface area (Å²) in [6, 6.07) is 22.7. The molecule has 0 radical (unpaired) electrons. The van der Waals surface area contributed by atoms with Gasteiger partial charge >= 0.3 is 5.97 Å². The lowest BCUT2D eigenvalue weighted by Crippen LogP contribution is -2.35. The Morgan fingerprint density at radius 1 is 1.03 bits per heavy atom. The largest absolute Gasteiger partial charge is 0.489 e. The van der Waals surface area contributed by atoms with E-state index in [2.05, 4.69) is 34.5 Å². The van der Waals surface area contributed by atoms with E-state index < -0.39 is 5.97 Å². The fourth-order valence-electron chi connectivity index (χ4n) is 4.59. The number of aromatic carboxylic acids is 1. The van der Waals surface area contributed by atoms with Crippen LogP contribution in [0.25, 0.3) is 16.8 Å². The highest BCUT2D eigenvalue weighted by Crippen LogP contribution is 2.30. The first-order valence-corrected chi connectivity index (χ1v) is 11.8. The van der Waals surface area contributed by atoms with Crippen LogP contribution in [0, 0.1) is 0 Å². The number of likely N-dealkylation sites (tertiary alicyclic amines) is 1. The van der Waals surface area contributed by atoms with Crippen LogP contribution in [0.5, 0.6) is 5.75 Å². The van der Waals surface area contributed by atoms with Crippen molar-refractivity contribution in [2.75, 3.05) is 26.2 Å². The number of ether oxygens (including phenoxy) is 1. The molecule has 5 heteroatoms. The topological polar surface area (TPSA) is 61.8 Å². The highest BCUT2D eigenvalue weighted by molar-refractivity contribution is 5.88. The molecule has 2 fully saturated rings. The van der Waals surface area contributed by atoms with Gasteiger partial charge < -0.3 is 15.2 Å². The van der Waals surface area contributed by atoms with Crippen molar-refractivity contribution >= 4 is 22.8 Å². The summed E-state index contributed by atoms with van der Waals surface area (Å²) in [7, 11) is 0. The molecule has 33 heavy (non-hydrogen) atoms. The van der Waals surface area contributed by atoms with Gasteiger partial charge in [-0.05, 0) is 54.0 Å². The molecule has 2 aliphatic rings. The zero-order valence-electron chi connectivity index (χ0n) is 18.7. The Bertz CT molecular complexity index is 1150. The van der Waals surface area contributed by atoms with Crippen molar-refractivity contribution in [1.82, 2.24) is 10.2 Å². The summed E-state index contributed by atoms with van der Waals surface area (Å²) >= 11 is 0. The molecule has 1 saturated carbocycles. The quantitative estimate of drug-likeness (QED) is 0.497. The molecule has 0 spiro atoms. The zero-order chi connectivity index (χ0) is 22.6. The number of rotatable bonds is 9. The van der Waals surface area contributed by atoms with Crippen LogP contribution in [0.4, 0.5) is 0 Å². The molecule has 1 atom stereocenters. The lowest BCUT2D eigenvalue weighted by atomic mass is 10.1. The molecule has 0 bridgehead atoms. The molecule has 1 saturated heterocycles. The van der Waals surface area contributed by atoms with Crippen LogP contribution in [-0.4, -0.2) is 54.3 Å². The second kappa shape index (κ2) is 9.77. The second-order valence-electron chi connectivity index (χ2n) is 9.09. The van der Waals surface area contributed by atoms with Gasteiger partial charge in [-0.25, -0.2) is 4.79 Å². The Morgan fingerprint density at radius 3 is 2.61 bits per heavy atom. The molecule has 0 amide bonds. The van der Waals surface area contributed by atoms with Crippen molar-refractivity contribution in [2.45, 2.75) is 31.3 Å². The molecule has 3 aromatic rings. The van der Waals surface area contributed by atoms with E-state index in [1.807, 2.05) is 36.4 Å². The maximum atomic E-state index is 11.2. The number of carboxylic acids is 1. The lowest BCUT2D eigenvalue weighted by molar-refractivity contribution is 0.0697. The Morgan fingerprint density at radius 2 is 1.82 bits per heavy atom. The zero-order valence-corrected chi connectivity index (χ0v) is 18.7. The maximum absolute atomic E-state index is 11.2. The van der Waals surface area contributed by atoms with Crippen LogP contribution in [0.1, 0.15) is 35.2 Å². The number of fused-ring (bicyclic) bond motifs is 1. The molecule has 1 unspecified atom stereocenters. The molecular weight excluding hydrogens is 412 g/mol. The van der Waals surface area contributed by atoms with Gasteiger partial charge in [0.25, 0.3) is 0 Å². The number of carboxylic acid groups (broad SMARTS) is 1. The third kappa shape index (κ3) is 5.44. The summed E-state index contributed by atoms with van der Waals surface area (Å²) in [5.74, 6) is -0.0332. The lowest BCUT2D eigenvalue weighted by Gasteiger charge is -2.18. The van der Waals surface area contributed by atoms with Crippen LogP contribution in [0.2, 0.25) is 0 Å². The van der Waals surface area contributed by atoms with E-state index in [-0.39, 0.29) is 0 Å². The minimum Gasteiger partial charge on any atom is -0.489 e. The summed E-state index contributed by atoms with van der Waals surface area (Å²) in [5.41, 5.74) is 2.41. The van der Waals surface area contributed by atoms with Crippen LogP contribution < -0.4 is 10.1 Å². The van der Waals surface area contributed by atoms with Crippen molar-refractivity contribution < 1.29 is 14.6 Å². The average Bonchev–Trinajstić information content (AvgIpc) is 3.59. The number of nitrogens with one attached hydrogen (secondary N) is 1. The average molecular weight is 443 g/mol. The number of hydrogen-bond acceptors (Lipinski definition) is 4. The predicted molar refractivity (Wildman–Crippen MR) is 132 cm³/mol. The summed E-state index contributed by atoms with van der Waals surface area (Å²) in [6.07, 6.45) is 5.99. The summed E-state index contributed by atoms with van der Waals surface area (Å²) in [4.78, 5) is 13.8. The Labute approximate surface area is 194 Å². The minimum atomic E-state index is -0.909. The molecular formula is C28H30N2O3. The molecule has 5 rings (SSSR count). The molecule has 3 aromatic carbocycles. The van der Waals surface area contributed by atoms with Crippen molar-refractivity contribution in [3.63, 3.8) is 0 Å². The van der Waals surface area contributed by atoms with Crippen LogP contribution >= 0.6 is 0 Å². The fourth-order valence-corrected chi connectivity index (χ4v) is 4.59. The van der Waals surface area contributed by atoms with E-state index in [1.54, 1.807) is 12.1 Å². The number of nitrogens with zero attached hydrogens (tertiary/aromatic N) is 1. The predicted octanol–water partition coefficient (Wildman–Crippen LogP) is 4.83. The molecule has 1 heterocycles. The van der Waals surface area contributed by atoms with Gasteiger partial charge in [-0.3, -0.25) is 4.90 Å². The Hall–Kier alpha value is -3.15. The van der Waals surface area contributed by atoms with Gasteiger partial charge in [0.2, 0.25) is 0 Å². The number of hydrogen-bond donors (Lipinski definition) is 2. The molecule has 1 aliphatic heterocycles. The van der Waals surface area contributed by atoms with E-state index >= 15 is 0 Å². The minimum absolute atomic E-state index is 0.296. The van der Waals surface area contributed by atoms with Crippen molar-refractivity contribution in [2.24, 2.45) is 0 Å². The van der Waals surface area contributed by atoms with Gasteiger partial charge in [0, 0.05) is 37.1 Å². The SMILES string of the molecule is O=C(O)c1ccc(C=C(CNC2CCN(C3CC3)C2)COc2cccc3ccccc23)cc1. The third-order valence-electron chi connectivity index (χ3n) is 6.59. The van der Waals surface area contributed by atoms with Crippen molar-refractivity contribution in [1.29, 1.82) is 0 Å². The fraction of sp³-hybridized carbons (Fsp3) is 0.321. The van der Waals surface area contributed by atoms with Gasteiger partial charge in [0.05, 0.1) is 5.56 Å².